The average Bonchev–Trinajstić information content (AvgIpc) is 2.36. The largest absolute Gasteiger partial charge is 0.370 e. The van der Waals surface area contributed by atoms with Gasteiger partial charge in [-0.3, -0.25) is 4.99 Å². The lowest BCUT2D eigenvalue weighted by Gasteiger charge is -2.23. The number of hydrogen-bond donors (Lipinski definition) is 1. The fourth-order valence-electron chi connectivity index (χ4n) is 1.98. The molecule has 0 atom stereocenters. The molecule has 0 aromatic carbocycles. The van der Waals surface area contributed by atoms with Crippen LogP contribution in [0.4, 0.5) is 0 Å². The van der Waals surface area contributed by atoms with Crippen molar-refractivity contribution in [2.45, 2.75) is 46.5 Å². The van der Waals surface area contributed by atoms with E-state index in [1.54, 1.807) is 0 Å². The highest BCUT2D eigenvalue weighted by Gasteiger charge is 2.23. The lowest BCUT2D eigenvalue weighted by atomic mass is 9.85. The molecular weight excluding hydrogens is 186 g/mol. The maximum Gasteiger partial charge on any atom is 0.191 e. The van der Waals surface area contributed by atoms with E-state index in [2.05, 4.69) is 30.7 Å². The molecule has 3 nitrogen and oxygen atoms in total. The SMILES string of the molecule is CCCN=C(N)N1CCCC(C)(C)CC1. The summed E-state index contributed by atoms with van der Waals surface area (Å²) in [6, 6.07) is 0. The zero-order chi connectivity index (χ0) is 11.3. The van der Waals surface area contributed by atoms with Gasteiger partial charge in [-0.15, -0.1) is 0 Å². The van der Waals surface area contributed by atoms with Crippen LogP contribution in [0, 0.1) is 5.41 Å². The van der Waals surface area contributed by atoms with Crippen LogP contribution in [0.25, 0.3) is 0 Å². The quantitative estimate of drug-likeness (QED) is 0.562. The van der Waals surface area contributed by atoms with Crippen molar-refractivity contribution in [1.29, 1.82) is 0 Å². The minimum absolute atomic E-state index is 0.472. The van der Waals surface area contributed by atoms with Crippen LogP contribution < -0.4 is 5.73 Å². The lowest BCUT2D eigenvalue weighted by molar-refractivity contribution is 0.313. The van der Waals surface area contributed by atoms with Gasteiger partial charge in [0.1, 0.15) is 0 Å². The van der Waals surface area contributed by atoms with E-state index in [-0.39, 0.29) is 0 Å². The fraction of sp³-hybridized carbons (Fsp3) is 0.917. The van der Waals surface area contributed by atoms with E-state index in [0.29, 0.717) is 5.41 Å². The Morgan fingerprint density at radius 1 is 1.33 bits per heavy atom. The van der Waals surface area contributed by atoms with Crippen LogP contribution in [-0.4, -0.2) is 30.5 Å². The summed E-state index contributed by atoms with van der Waals surface area (Å²) in [6.07, 6.45) is 4.81. The molecule has 0 spiro atoms. The molecule has 88 valence electrons. The molecule has 1 aliphatic heterocycles. The molecule has 3 heteroatoms. The van der Waals surface area contributed by atoms with Gasteiger partial charge in [-0.1, -0.05) is 20.8 Å². The van der Waals surface area contributed by atoms with Gasteiger partial charge in [-0.05, 0) is 31.1 Å². The van der Waals surface area contributed by atoms with Crippen molar-refractivity contribution in [2.75, 3.05) is 19.6 Å². The molecule has 2 N–H and O–H groups in total. The Hall–Kier alpha value is -0.730. The van der Waals surface area contributed by atoms with Gasteiger partial charge < -0.3 is 10.6 Å². The van der Waals surface area contributed by atoms with Gasteiger partial charge in [0.05, 0.1) is 0 Å². The molecule has 1 aliphatic rings. The molecule has 0 unspecified atom stereocenters. The number of nitrogens with two attached hydrogens (primary N) is 1. The van der Waals surface area contributed by atoms with Crippen molar-refractivity contribution < 1.29 is 0 Å². The van der Waals surface area contributed by atoms with Crippen LogP contribution in [0.3, 0.4) is 0 Å². The fourth-order valence-corrected chi connectivity index (χ4v) is 1.98. The number of likely N-dealkylation sites (tertiary alicyclic amines) is 1. The van der Waals surface area contributed by atoms with Crippen LogP contribution in [0.5, 0.6) is 0 Å². The highest BCUT2D eigenvalue weighted by Crippen LogP contribution is 2.29. The molecule has 0 radical (unpaired) electrons. The Morgan fingerprint density at radius 3 is 2.73 bits per heavy atom. The first kappa shape index (κ1) is 12.3. The van der Waals surface area contributed by atoms with Crippen LogP contribution in [0.1, 0.15) is 46.5 Å². The predicted octanol–water partition coefficient (Wildman–Crippen LogP) is 2.22. The van der Waals surface area contributed by atoms with Gasteiger partial charge in [0.15, 0.2) is 5.96 Å². The van der Waals surface area contributed by atoms with Gasteiger partial charge in [0.25, 0.3) is 0 Å². The number of rotatable bonds is 2. The first-order valence-corrected chi connectivity index (χ1v) is 6.10. The number of hydrogen-bond acceptors (Lipinski definition) is 1. The van der Waals surface area contributed by atoms with Crippen molar-refractivity contribution in [3.8, 4) is 0 Å². The summed E-state index contributed by atoms with van der Waals surface area (Å²) in [5.41, 5.74) is 6.44. The molecule has 1 saturated heterocycles. The normalized spacial score (nSPS) is 22.6. The molecule has 0 bridgehead atoms. The standard InChI is InChI=1S/C12H25N3/c1-4-8-14-11(13)15-9-5-6-12(2,3)7-10-15/h4-10H2,1-3H3,(H2,13,14). The van der Waals surface area contributed by atoms with Crippen LogP contribution in [0.2, 0.25) is 0 Å². The second-order valence-corrected chi connectivity index (χ2v) is 5.24. The smallest absolute Gasteiger partial charge is 0.191 e. The summed E-state index contributed by atoms with van der Waals surface area (Å²) < 4.78 is 0. The Bertz CT molecular complexity index is 221. The Balaban J connectivity index is 2.50. The Kier molecular flexibility index (Phi) is 4.43. The molecule has 0 saturated carbocycles. The topological polar surface area (TPSA) is 41.6 Å². The van der Waals surface area contributed by atoms with Crippen molar-refractivity contribution in [2.24, 2.45) is 16.1 Å². The van der Waals surface area contributed by atoms with Gasteiger partial charge in [0.2, 0.25) is 0 Å². The van der Waals surface area contributed by atoms with E-state index < -0.39 is 0 Å². The Morgan fingerprint density at radius 2 is 2.07 bits per heavy atom. The van der Waals surface area contributed by atoms with Gasteiger partial charge in [-0.25, -0.2) is 0 Å². The highest BCUT2D eigenvalue weighted by molar-refractivity contribution is 5.78. The number of aliphatic imine (C=N–C) groups is 1. The monoisotopic (exact) mass is 211 g/mol. The lowest BCUT2D eigenvalue weighted by Crippen LogP contribution is -2.38. The third-order valence-corrected chi connectivity index (χ3v) is 3.16. The molecule has 0 aromatic rings. The maximum absolute atomic E-state index is 5.97. The molecule has 0 aromatic heterocycles. The molecule has 1 fully saturated rings. The van der Waals surface area contributed by atoms with Crippen LogP contribution in [0.15, 0.2) is 4.99 Å². The van der Waals surface area contributed by atoms with E-state index in [1.165, 1.54) is 19.3 Å². The molecule has 1 rings (SSSR count). The highest BCUT2D eigenvalue weighted by atomic mass is 15.2. The molecule has 1 heterocycles. The molecule has 0 aliphatic carbocycles. The second kappa shape index (κ2) is 5.38. The zero-order valence-corrected chi connectivity index (χ0v) is 10.4. The van der Waals surface area contributed by atoms with E-state index in [0.717, 1.165) is 32.0 Å². The first-order valence-electron chi connectivity index (χ1n) is 6.10. The van der Waals surface area contributed by atoms with Crippen molar-refractivity contribution in [3.05, 3.63) is 0 Å². The van der Waals surface area contributed by atoms with Crippen LogP contribution >= 0.6 is 0 Å². The summed E-state index contributed by atoms with van der Waals surface area (Å²) in [5.74, 6) is 0.745. The molecule has 0 amide bonds. The molecule has 15 heavy (non-hydrogen) atoms. The predicted molar refractivity (Wildman–Crippen MR) is 66.0 cm³/mol. The van der Waals surface area contributed by atoms with Crippen LogP contribution in [-0.2, 0) is 0 Å². The summed E-state index contributed by atoms with van der Waals surface area (Å²) >= 11 is 0. The second-order valence-electron chi connectivity index (χ2n) is 5.24. The summed E-state index contributed by atoms with van der Waals surface area (Å²) in [7, 11) is 0. The Labute approximate surface area is 93.7 Å². The van der Waals surface area contributed by atoms with E-state index in [1.807, 2.05) is 0 Å². The van der Waals surface area contributed by atoms with E-state index >= 15 is 0 Å². The average molecular weight is 211 g/mol. The maximum atomic E-state index is 5.97. The third-order valence-electron chi connectivity index (χ3n) is 3.16. The minimum Gasteiger partial charge on any atom is -0.370 e. The first-order chi connectivity index (χ1) is 7.05. The van der Waals surface area contributed by atoms with Gasteiger partial charge >= 0.3 is 0 Å². The van der Waals surface area contributed by atoms with E-state index in [9.17, 15) is 0 Å². The summed E-state index contributed by atoms with van der Waals surface area (Å²) in [6.45, 7) is 9.80. The van der Waals surface area contributed by atoms with Crippen molar-refractivity contribution in [1.82, 2.24) is 4.90 Å². The van der Waals surface area contributed by atoms with Crippen molar-refractivity contribution in [3.63, 3.8) is 0 Å². The number of nitrogens with zero attached hydrogens (tertiary/aromatic N) is 2. The summed E-state index contributed by atoms with van der Waals surface area (Å²) in [5, 5.41) is 0. The van der Waals surface area contributed by atoms with E-state index in [4.69, 9.17) is 5.73 Å². The third kappa shape index (κ3) is 4.10. The minimum atomic E-state index is 0.472. The zero-order valence-electron chi connectivity index (χ0n) is 10.4. The van der Waals surface area contributed by atoms with Crippen molar-refractivity contribution >= 4 is 5.96 Å². The summed E-state index contributed by atoms with van der Waals surface area (Å²) in [4.78, 5) is 6.62. The number of guanidine groups is 1. The van der Waals surface area contributed by atoms with Gasteiger partial charge in [0, 0.05) is 19.6 Å². The van der Waals surface area contributed by atoms with Gasteiger partial charge in [-0.2, -0.15) is 0 Å². The molecular formula is C12H25N3.